The molecular formula is C23H19NO7S. The maximum atomic E-state index is 12.5. The van der Waals surface area contributed by atoms with Crippen LogP contribution < -0.4 is 0 Å². The van der Waals surface area contributed by atoms with Gasteiger partial charge in [-0.15, -0.1) is 0 Å². The Bertz CT molecular complexity index is 1250. The smallest absolute Gasteiger partial charge is 0.338 e. The third kappa shape index (κ3) is 5.64. The Kier molecular flexibility index (Phi) is 6.79. The minimum absolute atomic E-state index is 0.150. The summed E-state index contributed by atoms with van der Waals surface area (Å²) in [6.45, 7) is 1.34. The second-order valence-electron chi connectivity index (χ2n) is 7.07. The quantitative estimate of drug-likeness (QED) is 0.219. The number of hydrogen-bond acceptors (Lipinski definition) is 7. The number of benzene rings is 3. The fourth-order valence-electron chi connectivity index (χ4n) is 2.85. The predicted molar refractivity (Wildman–Crippen MR) is 116 cm³/mol. The first-order chi connectivity index (χ1) is 15.2. The van der Waals surface area contributed by atoms with Crippen LogP contribution in [-0.2, 0) is 20.3 Å². The zero-order chi connectivity index (χ0) is 23.3. The number of esters is 1. The van der Waals surface area contributed by atoms with Crippen molar-refractivity contribution in [1.29, 1.82) is 0 Å². The number of aryl methyl sites for hydroxylation is 1. The second kappa shape index (κ2) is 9.52. The number of ether oxygens (including phenoxy) is 1. The number of non-ortho nitro benzene ring substituents is 1. The fraction of sp³-hybridized carbons (Fsp3) is 0.130. The molecule has 8 nitrogen and oxygen atoms in total. The molecule has 0 spiro atoms. The van der Waals surface area contributed by atoms with Crippen LogP contribution in [0.15, 0.2) is 77.7 Å². The minimum Gasteiger partial charge on any atom is -0.454 e. The normalized spacial score (nSPS) is 11.0. The van der Waals surface area contributed by atoms with Crippen LogP contribution in [0.2, 0.25) is 0 Å². The van der Waals surface area contributed by atoms with Gasteiger partial charge in [-0.3, -0.25) is 14.9 Å². The molecule has 3 aromatic carbocycles. The first kappa shape index (κ1) is 22.8. The highest BCUT2D eigenvalue weighted by atomic mass is 32.2. The molecule has 3 rings (SSSR count). The monoisotopic (exact) mass is 453 g/mol. The number of nitro benzene ring substituents is 1. The van der Waals surface area contributed by atoms with Crippen molar-refractivity contribution in [2.24, 2.45) is 0 Å². The molecule has 0 aromatic heterocycles. The summed E-state index contributed by atoms with van der Waals surface area (Å²) in [7, 11) is -3.53. The molecule has 0 aliphatic rings. The van der Waals surface area contributed by atoms with Gasteiger partial charge in [-0.25, -0.2) is 13.2 Å². The third-order valence-electron chi connectivity index (χ3n) is 4.66. The lowest BCUT2D eigenvalue weighted by atomic mass is 10.1. The standard InChI is InChI=1S/C23H19NO7S/c1-16-2-12-21(13-3-16)32(29,30)15-17-4-6-19(7-5-17)23(26)31-14-22(25)18-8-10-20(11-9-18)24(27)28/h2-13H,14-15H2,1H3. The number of nitrogens with zero attached hydrogens (tertiary/aromatic N) is 1. The number of rotatable bonds is 8. The van der Waals surface area contributed by atoms with Gasteiger partial charge < -0.3 is 4.74 Å². The Morgan fingerprint density at radius 3 is 2.00 bits per heavy atom. The lowest BCUT2D eigenvalue weighted by Crippen LogP contribution is -2.14. The van der Waals surface area contributed by atoms with E-state index >= 15 is 0 Å². The molecule has 0 aliphatic heterocycles. The van der Waals surface area contributed by atoms with Gasteiger partial charge in [0.25, 0.3) is 5.69 Å². The molecule has 0 unspecified atom stereocenters. The van der Waals surface area contributed by atoms with E-state index in [0.29, 0.717) is 5.56 Å². The summed E-state index contributed by atoms with van der Waals surface area (Å²) in [5.41, 5.74) is 1.66. The Morgan fingerprint density at radius 2 is 1.44 bits per heavy atom. The van der Waals surface area contributed by atoms with Gasteiger partial charge >= 0.3 is 5.97 Å². The van der Waals surface area contributed by atoms with Crippen LogP contribution in [0.5, 0.6) is 0 Å². The van der Waals surface area contributed by atoms with Crippen molar-refractivity contribution < 1.29 is 27.7 Å². The Morgan fingerprint density at radius 1 is 0.875 bits per heavy atom. The van der Waals surface area contributed by atoms with Crippen molar-refractivity contribution in [3.8, 4) is 0 Å². The fourth-order valence-corrected chi connectivity index (χ4v) is 4.20. The number of nitro groups is 1. The molecule has 0 aliphatic carbocycles. The Labute approximate surface area is 184 Å². The molecule has 0 saturated heterocycles. The zero-order valence-electron chi connectivity index (χ0n) is 17.1. The molecule has 9 heteroatoms. The molecule has 0 bridgehead atoms. The molecule has 0 radical (unpaired) electrons. The van der Waals surface area contributed by atoms with E-state index in [1.165, 1.54) is 48.5 Å². The predicted octanol–water partition coefficient (Wildman–Crippen LogP) is 3.92. The molecule has 0 fully saturated rings. The number of hydrogen-bond donors (Lipinski definition) is 0. The maximum absolute atomic E-state index is 12.5. The van der Waals surface area contributed by atoms with Crippen molar-refractivity contribution in [2.75, 3.05) is 6.61 Å². The van der Waals surface area contributed by atoms with Crippen LogP contribution in [0.25, 0.3) is 0 Å². The molecule has 3 aromatic rings. The van der Waals surface area contributed by atoms with Gasteiger partial charge in [-0.2, -0.15) is 0 Å². The van der Waals surface area contributed by atoms with Gasteiger partial charge in [0.1, 0.15) is 0 Å². The number of sulfone groups is 1. The van der Waals surface area contributed by atoms with Crippen LogP contribution in [0.4, 0.5) is 5.69 Å². The van der Waals surface area contributed by atoms with Crippen LogP contribution >= 0.6 is 0 Å². The number of carbonyl (C=O) groups is 2. The first-order valence-electron chi connectivity index (χ1n) is 9.49. The van der Waals surface area contributed by atoms with Gasteiger partial charge in [0.05, 0.1) is 21.1 Å². The largest absolute Gasteiger partial charge is 0.454 e. The zero-order valence-corrected chi connectivity index (χ0v) is 17.9. The van der Waals surface area contributed by atoms with E-state index in [9.17, 15) is 28.1 Å². The van der Waals surface area contributed by atoms with Gasteiger partial charge in [-0.1, -0.05) is 29.8 Å². The number of ketones is 1. The lowest BCUT2D eigenvalue weighted by Gasteiger charge is -2.07. The lowest BCUT2D eigenvalue weighted by molar-refractivity contribution is -0.384. The summed E-state index contributed by atoms with van der Waals surface area (Å²) >= 11 is 0. The minimum atomic E-state index is -3.53. The third-order valence-corrected chi connectivity index (χ3v) is 6.36. The Balaban J connectivity index is 1.59. The van der Waals surface area contributed by atoms with E-state index in [1.54, 1.807) is 24.3 Å². The van der Waals surface area contributed by atoms with E-state index in [1.807, 2.05) is 6.92 Å². The summed E-state index contributed by atoms with van der Waals surface area (Å²) in [6, 6.07) is 17.4. The van der Waals surface area contributed by atoms with E-state index < -0.39 is 33.1 Å². The summed E-state index contributed by atoms with van der Waals surface area (Å²) < 4.78 is 30.1. The highest BCUT2D eigenvalue weighted by Gasteiger charge is 2.17. The van der Waals surface area contributed by atoms with Crippen molar-refractivity contribution in [3.63, 3.8) is 0 Å². The highest BCUT2D eigenvalue weighted by molar-refractivity contribution is 7.90. The molecule has 164 valence electrons. The molecule has 0 saturated carbocycles. The SMILES string of the molecule is Cc1ccc(S(=O)(=O)Cc2ccc(C(=O)OCC(=O)c3ccc([N+](=O)[O-])cc3)cc2)cc1. The van der Waals surface area contributed by atoms with Gasteiger partial charge in [0.15, 0.2) is 22.2 Å². The Hall–Kier alpha value is -3.85. The second-order valence-corrected chi connectivity index (χ2v) is 9.06. The van der Waals surface area contributed by atoms with Gasteiger partial charge in [0.2, 0.25) is 0 Å². The van der Waals surface area contributed by atoms with E-state index in [2.05, 4.69) is 0 Å². The summed E-state index contributed by atoms with van der Waals surface area (Å²) in [5, 5.41) is 10.7. The number of Topliss-reactive ketones (excluding diaryl/α,β-unsaturated/α-hetero) is 1. The van der Waals surface area contributed by atoms with Gasteiger partial charge in [0, 0.05) is 17.7 Å². The van der Waals surface area contributed by atoms with Crippen molar-refractivity contribution >= 4 is 27.3 Å². The van der Waals surface area contributed by atoms with Crippen molar-refractivity contribution in [1.82, 2.24) is 0 Å². The molecule has 32 heavy (non-hydrogen) atoms. The van der Waals surface area contributed by atoms with Crippen molar-refractivity contribution in [3.05, 3.63) is 105 Å². The van der Waals surface area contributed by atoms with Crippen LogP contribution in [0, 0.1) is 17.0 Å². The van der Waals surface area contributed by atoms with Crippen LogP contribution in [0.3, 0.4) is 0 Å². The van der Waals surface area contributed by atoms with Crippen LogP contribution in [0.1, 0.15) is 31.8 Å². The molecule has 0 heterocycles. The molecule has 0 N–H and O–H groups in total. The first-order valence-corrected chi connectivity index (χ1v) is 11.1. The van der Waals surface area contributed by atoms with E-state index in [4.69, 9.17) is 4.74 Å². The highest BCUT2D eigenvalue weighted by Crippen LogP contribution is 2.18. The number of carbonyl (C=O) groups excluding carboxylic acids is 2. The molecular weight excluding hydrogens is 434 g/mol. The molecule has 0 amide bonds. The van der Waals surface area contributed by atoms with Gasteiger partial charge in [-0.05, 0) is 48.9 Å². The van der Waals surface area contributed by atoms with Crippen LogP contribution in [-0.4, -0.2) is 31.7 Å². The van der Waals surface area contributed by atoms with Crippen molar-refractivity contribution in [2.45, 2.75) is 17.6 Å². The molecule has 0 atom stereocenters. The topological polar surface area (TPSA) is 121 Å². The van der Waals surface area contributed by atoms with E-state index in [0.717, 1.165) is 5.56 Å². The average molecular weight is 453 g/mol. The summed E-state index contributed by atoms with van der Waals surface area (Å²) in [5.74, 6) is -1.47. The summed E-state index contributed by atoms with van der Waals surface area (Å²) in [6.07, 6.45) is 0. The average Bonchev–Trinajstić information content (AvgIpc) is 2.78. The van der Waals surface area contributed by atoms with E-state index in [-0.39, 0.29) is 27.5 Å². The maximum Gasteiger partial charge on any atom is 0.338 e. The summed E-state index contributed by atoms with van der Waals surface area (Å²) in [4.78, 5) is 34.6.